The number of ether oxygens (including phenoxy) is 2. The predicted molar refractivity (Wildman–Crippen MR) is 129 cm³/mol. The van der Waals surface area contributed by atoms with Crippen LogP contribution < -0.4 is 14.8 Å². The van der Waals surface area contributed by atoms with Crippen molar-refractivity contribution >= 4 is 7.60 Å². The van der Waals surface area contributed by atoms with Crippen molar-refractivity contribution in [1.82, 2.24) is 10.3 Å². The monoisotopic (exact) mass is 522 g/mol. The molecule has 0 aliphatic rings. The lowest BCUT2D eigenvalue weighted by Gasteiger charge is -2.16. The first-order chi connectivity index (χ1) is 17.1. The summed E-state index contributed by atoms with van der Waals surface area (Å²) in [6.07, 6.45) is -1.14. The summed E-state index contributed by atoms with van der Waals surface area (Å²) in [5, 5.41) is 3.29. The molecule has 0 saturated heterocycles. The first-order valence-corrected chi connectivity index (χ1v) is 12.6. The fourth-order valence-electron chi connectivity index (χ4n) is 3.19. The highest BCUT2D eigenvalue weighted by Gasteiger charge is 2.28. The number of alkyl halides is 3. The number of hydrogen-bond donors (Lipinski definition) is 3. The van der Waals surface area contributed by atoms with Crippen molar-refractivity contribution < 1.29 is 37.0 Å². The molecule has 0 bridgehead atoms. The quantitative estimate of drug-likeness (QED) is 0.288. The average Bonchev–Trinajstić information content (AvgIpc) is 2.84. The van der Waals surface area contributed by atoms with E-state index < -0.39 is 20.4 Å². The molecular formula is C25H26F3N2O5P. The van der Waals surface area contributed by atoms with Crippen molar-refractivity contribution in [2.75, 3.05) is 6.61 Å². The highest BCUT2D eigenvalue weighted by molar-refractivity contribution is 7.55. The van der Waals surface area contributed by atoms with Crippen molar-refractivity contribution in [3.05, 3.63) is 102 Å². The summed E-state index contributed by atoms with van der Waals surface area (Å²) in [5.41, 5.74) is 2.35. The van der Waals surface area contributed by atoms with Crippen LogP contribution in [-0.4, -0.2) is 33.6 Å². The Morgan fingerprint density at radius 2 is 1.69 bits per heavy atom. The summed E-state index contributed by atoms with van der Waals surface area (Å²) in [6, 6.07) is 19.2. The molecule has 1 atom stereocenters. The smallest absolute Gasteiger partial charge is 0.422 e. The number of hydrogen-bond acceptors (Lipinski definition) is 5. The van der Waals surface area contributed by atoms with Gasteiger partial charge in [-0.05, 0) is 35.7 Å². The molecule has 0 saturated carbocycles. The molecule has 0 unspecified atom stereocenters. The van der Waals surface area contributed by atoms with Gasteiger partial charge in [-0.1, -0.05) is 48.5 Å². The van der Waals surface area contributed by atoms with Gasteiger partial charge >= 0.3 is 13.8 Å². The zero-order valence-electron chi connectivity index (χ0n) is 19.1. The van der Waals surface area contributed by atoms with Crippen LogP contribution in [0.25, 0.3) is 0 Å². The second-order valence-electron chi connectivity index (χ2n) is 7.93. The van der Waals surface area contributed by atoms with E-state index in [1.54, 1.807) is 12.1 Å². The lowest BCUT2D eigenvalue weighted by molar-refractivity contribution is -0.153. The molecule has 7 nitrogen and oxygen atoms in total. The van der Waals surface area contributed by atoms with Crippen LogP contribution in [0, 0.1) is 0 Å². The molecule has 1 heterocycles. The molecule has 11 heteroatoms. The van der Waals surface area contributed by atoms with Crippen LogP contribution in [0.3, 0.4) is 0 Å². The Bertz CT molecular complexity index is 1170. The zero-order chi connectivity index (χ0) is 26.0. The third-order valence-corrected chi connectivity index (χ3v) is 5.44. The Kier molecular flexibility index (Phi) is 9.66. The number of benzene rings is 2. The van der Waals surface area contributed by atoms with Crippen LogP contribution >= 0.6 is 7.60 Å². The highest BCUT2D eigenvalue weighted by atomic mass is 31.2. The Balaban J connectivity index is 1.57. The van der Waals surface area contributed by atoms with Crippen molar-refractivity contribution in [3.63, 3.8) is 0 Å². The maximum atomic E-state index is 12.3. The first-order valence-electron chi connectivity index (χ1n) is 10.9. The number of halogens is 3. The van der Waals surface area contributed by atoms with Crippen LogP contribution in [-0.2, 0) is 24.1 Å². The summed E-state index contributed by atoms with van der Waals surface area (Å²) in [4.78, 5) is 22.5. The molecule has 0 aliphatic heterocycles. The summed E-state index contributed by atoms with van der Waals surface area (Å²) in [5.74, 6) is 1.47. The van der Waals surface area contributed by atoms with Gasteiger partial charge in [-0.2, -0.15) is 13.2 Å². The van der Waals surface area contributed by atoms with Gasteiger partial charge in [-0.3, -0.25) is 9.55 Å². The van der Waals surface area contributed by atoms with Crippen LogP contribution in [0.5, 0.6) is 11.5 Å². The van der Waals surface area contributed by atoms with E-state index in [9.17, 15) is 27.5 Å². The Morgan fingerprint density at radius 3 is 2.36 bits per heavy atom. The lowest BCUT2D eigenvalue weighted by atomic mass is 10.1. The van der Waals surface area contributed by atoms with Crippen molar-refractivity contribution in [3.8, 4) is 11.5 Å². The Hall–Kier alpha value is -3.17. The fourth-order valence-corrected chi connectivity index (χ4v) is 3.62. The largest absolute Gasteiger partial charge is 0.487 e. The van der Waals surface area contributed by atoms with E-state index in [2.05, 4.69) is 10.3 Å². The minimum atomic E-state index is -4.43. The summed E-state index contributed by atoms with van der Waals surface area (Å²) in [7, 11) is -4.29. The number of nitrogens with one attached hydrogen (secondary N) is 1. The molecule has 0 radical (unpaired) electrons. The average molecular weight is 522 g/mol. The van der Waals surface area contributed by atoms with Gasteiger partial charge in [0.25, 0.3) is 0 Å². The standard InChI is InChI=1S/C25H26F3N2O5P/c26-25(27,28)18-35-24-10-12-29-22(15-24)17-34-23-8-6-19(7-9-23)14-21(11-13-36(31,32)33)30-16-20-4-2-1-3-5-20/h1-13,15,21,30H,14,16-18H2,(H2,31,32,33)/t21-/m0/s1. The Labute approximate surface area is 206 Å². The van der Waals surface area contributed by atoms with E-state index in [1.165, 1.54) is 24.4 Å². The van der Waals surface area contributed by atoms with Crippen LogP contribution in [0.4, 0.5) is 13.2 Å². The molecule has 0 spiro atoms. The summed E-state index contributed by atoms with van der Waals surface area (Å²) in [6.45, 7) is -0.824. The molecule has 2 aromatic carbocycles. The molecule has 3 N–H and O–H groups in total. The molecule has 0 fully saturated rings. The number of rotatable bonds is 12. The van der Waals surface area contributed by atoms with Gasteiger partial charge in [-0.25, -0.2) is 0 Å². The second kappa shape index (κ2) is 12.7. The van der Waals surface area contributed by atoms with Gasteiger partial charge in [0.2, 0.25) is 0 Å². The lowest BCUT2D eigenvalue weighted by Crippen LogP contribution is -2.28. The van der Waals surface area contributed by atoms with E-state index in [0.717, 1.165) is 16.9 Å². The second-order valence-corrected chi connectivity index (χ2v) is 9.40. The molecule has 3 aromatic rings. The Morgan fingerprint density at radius 1 is 0.972 bits per heavy atom. The van der Waals surface area contributed by atoms with E-state index >= 15 is 0 Å². The van der Waals surface area contributed by atoms with Gasteiger partial charge in [0, 0.05) is 30.7 Å². The van der Waals surface area contributed by atoms with Gasteiger partial charge in [0.05, 0.1) is 5.69 Å². The molecule has 0 aliphatic carbocycles. The molecule has 3 rings (SSSR count). The minimum Gasteiger partial charge on any atom is -0.487 e. The zero-order valence-corrected chi connectivity index (χ0v) is 20.0. The van der Waals surface area contributed by atoms with Gasteiger partial charge in [-0.15, -0.1) is 0 Å². The third kappa shape index (κ3) is 10.6. The van der Waals surface area contributed by atoms with E-state index in [0.29, 0.717) is 24.4 Å². The predicted octanol–water partition coefficient (Wildman–Crippen LogP) is 4.99. The fraction of sp³-hybridized carbons (Fsp3) is 0.240. The number of pyridine rings is 1. The van der Waals surface area contributed by atoms with Crippen molar-refractivity contribution in [1.29, 1.82) is 0 Å². The molecular weight excluding hydrogens is 496 g/mol. The normalized spacial score (nSPS) is 13.0. The SMILES string of the molecule is O=P(O)(O)C=C[C@@H](Cc1ccc(OCc2cc(OCC(F)(F)F)ccn2)cc1)NCc1ccccc1. The number of aromatic nitrogens is 1. The van der Waals surface area contributed by atoms with Crippen molar-refractivity contribution in [2.45, 2.75) is 31.8 Å². The van der Waals surface area contributed by atoms with Crippen LogP contribution in [0.1, 0.15) is 16.8 Å². The van der Waals surface area contributed by atoms with Gasteiger partial charge in [0.15, 0.2) is 6.61 Å². The molecule has 0 amide bonds. The summed E-state index contributed by atoms with van der Waals surface area (Å²) >= 11 is 0. The maximum absolute atomic E-state index is 12.3. The van der Waals surface area contributed by atoms with Gasteiger partial charge < -0.3 is 24.6 Å². The third-order valence-electron chi connectivity index (χ3n) is 4.88. The van der Waals surface area contributed by atoms with E-state index in [1.807, 2.05) is 42.5 Å². The first kappa shape index (κ1) is 27.4. The molecule has 1 aromatic heterocycles. The minimum absolute atomic E-state index is 0.0366. The van der Waals surface area contributed by atoms with Crippen LogP contribution in [0.2, 0.25) is 0 Å². The maximum Gasteiger partial charge on any atom is 0.422 e. The highest BCUT2D eigenvalue weighted by Crippen LogP contribution is 2.36. The van der Waals surface area contributed by atoms with Gasteiger partial charge in [0.1, 0.15) is 18.1 Å². The molecule has 192 valence electrons. The summed E-state index contributed by atoms with van der Waals surface area (Å²) < 4.78 is 58.7. The van der Waals surface area contributed by atoms with E-state index in [4.69, 9.17) is 9.47 Å². The molecule has 36 heavy (non-hydrogen) atoms. The number of nitrogens with zero attached hydrogens (tertiary/aromatic N) is 1. The van der Waals surface area contributed by atoms with E-state index in [-0.39, 0.29) is 18.4 Å². The van der Waals surface area contributed by atoms with Crippen molar-refractivity contribution in [2.24, 2.45) is 0 Å². The topological polar surface area (TPSA) is 101 Å². The van der Waals surface area contributed by atoms with Crippen LogP contribution in [0.15, 0.2) is 84.8 Å².